The molecule has 3 amide bonds. The summed E-state index contributed by atoms with van der Waals surface area (Å²) < 4.78 is 0. The average molecular weight is 361 g/mol. The Morgan fingerprint density at radius 1 is 1.20 bits per heavy atom. The van der Waals surface area contributed by atoms with Gasteiger partial charge in [-0.1, -0.05) is 17.7 Å². The van der Waals surface area contributed by atoms with Gasteiger partial charge < -0.3 is 5.32 Å². The molecular formula is C19H21ClN2O3. The van der Waals surface area contributed by atoms with Crippen LogP contribution in [0, 0.1) is 30.6 Å². The van der Waals surface area contributed by atoms with E-state index in [4.69, 9.17) is 11.6 Å². The number of carbonyl (C=O) groups excluding carboxylic acids is 3. The maximum atomic E-state index is 12.6. The van der Waals surface area contributed by atoms with Gasteiger partial charge in [0.05, 0.1) is 11.8 Å². The van der Waals surface area contributed by atoms with Gasteiger partial charge in [-0.3, -0.25) is 19.3 Å². The van der Waals surface area contributed by atoms with Gasteiger partial charge in [0.25, 0.3) is 0 Å². The van der Waals surface area contributed by atoms with Gasteiger partial charge in [-0.05, 0) is 55.7 Å². The van der Waals surface area contributed by atoms with Crippen LogP contribution >= 0.6 is 11.6 Å². The second-order valence-electron chi connectivity index (χ2n) is 7.47. The number of fused-ring (bicyclic) bond motifs is 5. The van der Waals surface area contributed by atoms with Crippen molar-refractivity contribution in [1.82, 2.24) is 4.90 Å². The van der Waals surface area contributed by atoms with Crippen LogP contribution in [-0.4, -0.2) is 29.2 Å². The highest BCUT2D eigenvalue weighted by Gasteiger charge is 2.60. The Morgan fingerprint density at radius 3 is 2.48 bits per heavy atom. The zero-order valence-corrected chi connectivity index (χ0v) is 14.9. The summed E-state index contributed by atoms with van der Waals surface area (Å²) in [5.41, 5.74) is 1.57. The lowest BCUT2D eigenvalue weighted by atomic mass is 9.81. The Balaban J connectivity index is 1.38. The standard InChI is InChI=1S/C19H21ClN2O3/c1-10-2-5-13(20)9-14(10)21-15(23)6-7-22-18(24)16-11-3-4-12(8-11)17(16)19(22)25/h2,5,9,11-12,16-17H,3-4,6-8H2,1H3,(H,21,23)/t11-,12+,16-,17-/m0/s1. The second-order valence-corrected chi connectivity index (χ2v) is 7.91. The van der Waals surface area contributed by atoms with E-state index in [1.165, 1.54) is 4.90 Å². The van der Waals surface area contributed by atoms with Crippen LogP contribution in [0.25, 0.3) is 0 Å². The highest BCUT2D eigenvalue weighted by atomic mass is 35.5. The quantitative estimate of drug-likeness (QED) is 0.839. The van der Waals surface area contributed by atoms with E-state index in [0.29, 0.717) is 22.5 Å². The summed E-state index contributed by atoms with van der Waals surface area (Å²) in [5.74, 6) is 0.168. The van der Waals surface area contributed by atoms with Crippen molar-refractivity contribution >= 4 is 35.0 Å². The van der Waals surface area contributed by atoms with E-state index in [9.17, 15) is 14.4 Å². The van der Waals surface area contributed by atoms with Crippen LogP contribution < -0.4 is 5.32 Å². The zero-order valence-electron chi connectivity index (χ0n) is 14.1. The number of amides is 3. The van der Waals surface area contributed by atoms with Crippen LogP contribution in [0.2, 0.25) is 5.02 Å². The smallest absolute Gasteiger partial charge is 0.233 e. The molecule has 0 unspecified atom stereocenters. The molecule has 1 aromatic carbocycles. The molecule has 6 heteroatoms. The monoisotopic (exact) mass is 360 g/mol. The predicted octanol–water partition coefficient (Wildman–Crippen LogP) is 3.01. The Kier molecular flexibility index (Phi) is 4.07. The summed E-state index contributed by atoms with van der Waals surface area (Å²) in [6.45, 7) is 2.05. The summed E-state index contributed by atoms with van der Waals surface area (Å²) in [4.78, 5) is 38.8. The molecule has 0 aromatic heterocycles. The summed E-state index contributed by atoms with van der Waals surface area (Å²) in [7, 11) is 0. The molecule has 1 aromatic rings. The Morgan fingerprint density at radius 2 is 1.84 bits per heavy atom. The van der Waals surface area contributed by atoms with E-state index in [1.54, 1.807) is 12.1 Å². The van der Waals surface area contributed by atoms with Crippen LogP contribution in [0.5, 0.6) is 0 Å². The molecule has 0 spiro atoms. The Hall–Kier alpha value is -1.88. The Bertz CT molecular complexity index is 735. The normalized spacial score (nSPS) is 30.1. The van der Waals surface area contributed by atoms with Crippen molar-refractivity contribution in [3.8, 4) is 0 Å². The van der Waals surface area contributed by atoms with Crippen LogP contribution in [0.4, 0.5) is 5.69 Å². The maximum Gasteiger partial charge on any atom is 0.233 e. The minimum absolute atomic E-state index is 0.0612. The lowest BCUT2D eigenvalue weighted by Gasteiger charge is -2.19. The van der Waals surface area contributed by atoms with Crippen molar-refractivity contribution in [2.75, 3.05) is 11.9 Å². The number of benzene rings is 1. The lowest BCUT2D eigenvalue weighted by molar-refractivity contribution is -0.140. The molecule has 2 saturated carbocycles. The van der Waals surface area contributed by atoms with Crippen LogP contribution in [0.15, 0.2) is 18.2 Å². The lowest BCUT2D eigenvalue weighted by Crippen LogP contribution is -2.35. The summed E-state index contributed by atoms with van der Waals surface area (Å²) in [6.07, 6.45) is 3.26. The highest BCUT2D eigenvalue weighted by molar-refractivity contribution is 6.31. The van der Waals surface area contributed by atoms with Crippen molar-refractivity contribution < 1.29 is 14.4 Å². The van der Waals surface area contributed by atoms with Gasteiger partial charge in [0.2, 0.25) is 17.7 Å². The van der Waals surface area contributed by atoms with Gasteiger partial charge in [-0.15, -0.1) is 0 Å². The molecule has 5 nitrogen and oxygen atoms in total. The third kappa shape index (κ3) is 2.74. The molecule has 2 bridgehead atoms. The molecule has 4 rings (SSSR count). The summed E-state index contributed by atoms with van der Waals surface area (Å²) in [5, 5.41) is 3.36. The van der Waals surface area contributed by atoms with Crippen molar-refractivity contribution in [3.05, 3.63) is 28.8 Å². The molecule has 0 radical (unpaired) electrons. The first kappa shape index (κ1) is 16.6. The Labute approximate surface area is 151 Å². The second kappa shape index (κ2) is 6.13. The number of hydrogen-bond acceptors (Lipinski definition) is 3. The van der Waals surface area contributed by atoms with Crippen LogP contribution in [-0.2, 0) is 14.4 Å². The number of imide groups is 1. The molecule has 3 fully saturated rings. The van der Waals surface area contributed by atoms with Crippen LogP contribution in [0.3, 0.4) is 0 Å². The van der Waals surface area contributed by atoms with Gasteiger partial charge in [-0.25, -0.2) is 0 Å². The number of nitrogens with one attached hydrogen (secondary N) is 1. The van der Waals surface area contributed by atoms with E-state index in [0.717, 1.165) is 24.8 Å². The largest absolute Gasteiger partial charge is 0.326 e. The predicted molar refractivity (Wildman–Crippen MR) is 94.0 cm³/mol. The number of hydrogen-bond donors (Lipinski definition) is 1. The molecule has 1 aliphatic heterocycles. The number of rotatable bonds is 4. The molecule has 132 valence electrons. The van der Waals surface area contributed by atoms with Crippen molar-refractivity contribution in [2.24, 2.45) is 23.7 Å². The third-order valence-corrected chi connectivity index (χ3v) is 6.29. The van der Waals surface area contributed by atoms with Crippen LogP contribution in [0.1, 0.15) is 31.2 Å². The van der Waals surface area contributed by atoms with Gasteiger partial charge in [0.1, 0.15) is 0 Å². The van der Waals surface area contributed by atoms with E-state index in [-0.39, 0.29) is 42.5 Å². The van der Waals surface area contributed by atoms with Gasteiger partial charge in [0.15, 0.2) is 0 Å². The highest BCUT2D eigenvalue weighted by Crippen LogP contribution is 2.56. The van der Waals surface area contributed by atoms with E-state index >= 15 is 0 Å². The number of halogens is 1. The van der Waals surface area contributed by atoms with Crippen molar-refractivity contribution in [3.63, 3.8) is 0 Å². The average Bonchev–Trinajstić information content (AvgIpc) is 3.24. The molecular weight excluding hydrogens is 340 g/mol. The van der Waals surface area contributed by atoms with E-state index in [2.05, 4.69) is 5.32 Å². The number of aryl methyl sites for hydroxylation is 1. The molecule has 4 atom stereocenters. The summed E-state index contributed by atoms with van der Waals surface area (Å²) in [6, 6.07) is 5.30. The SMILES string of the molecule is Cc1ccc(Cl)cc1NC(=O)CCN1C(=O)[C@H]2[C@@H]3CC[C@@H](C3)[C@@H]2C1=O. The minimum Gasteiger partial charge on any atom is -0.326 e. The minimum atomic E-state index is -0.217. The molecule has 2 aliphatic carbocycles. The first-order valence-electron chi connectivity index (χ1n) is 8.87. The molecule has 3 aliphatic rings. The number of nitrogens with zero attached hydrogens (tertiary/aromatic N) is 1. The third-order valence-electron chi connectivity index (χ3n) is 6.05. The fourth-order valence-corrected chi connectivity index (χ4v) is 5.02. The van der Waals surface area contributed by atoms with Crippen molar-refractivity contribution in [1.29, 1.82) is 0 Å². The molecule has 1 N–H and O–H groups in total. The summed E-state index contributed by atoms with van der Waals surface area (Å²) >= 11 is 5.96. The molecule has 25 heavy (non-hydrogen) atoms. The topological polar surface area (TPSA) is 66.5 Å². The van der Waals surface area contributed by atoms with Crippen molar-refractivity contribution in [2.45, 2.75) is 32.6 Å². The van der Waals surface area contributed by atoms with E-state index < -0.39 is 0 Å². The van der Waals surface area contributed by atoms with Gasteiger partial charge >= 0.3 is 0 Å². The molecule has 1 saturated heterocycles. The number of likely N-dealkylation sites (tertiary alicyclic amines) is 1. The molecule has 1 heterocycles. The first-order valence-corrected chi connectivity index (χ1v) is 9.24. The fourth-order valence-electron chi connectivity index (χ4n) is 4.85. The first-order chi connectivity index (χ1) is 12.0. The number of carbonyl (C=O) groups is 3. The zero-order chi connectivity index (χ0) is 17.7. The maximum absolute atomic E-state index is 12.6. The van der Waals surface area contributed by atoms with E-state index in [1.807, 2.05) is 13.0 Å². The van der Waals surface area contributed by atoms with Gasteiger partial charge in [-0.2, -0.15) is 0 Å². The fraction of sp³-hybridized carbons (Fsp3) is 0.526. The van der Waals surface area contributed by atoms with Gasteiger partial charge in [0, 0.05) is 23.7 Å². The number of anilines is 1.